The largest absolute Gasteiger partial charge is 0.297 e. The fourth-order valence-electron chi connectivity index (χ4n) is 1.09. The summed E-state index contributed by atoms with van der Waals surface area (Å²) in [4.78, 5) is 11.1. The Morgan fingerprint density at radius 1 is 1.46 bits per heavy atom. The van der Waals surface area contributed by atoms with Gasteiger partial charge in [-0.2, -0.15) is 0 Å². The van der Waals surface area contributed by atoms with Crippen LogP contribution in [0, 0.1) is 0 Å². The lowest BCUT2D eigenvalue weighted by atomic mass is 10.5. The molecule has 0 fully saturated rings. The van der Waals surface area contributed by atoms with Crippen LogP contribution in [0.5, 0.6) is 0 Å². The van der Waals surface area contributed by atoms with Crippen LogP contribution in [0.15, 0.2) is 4.79 Å². The highest BCUT2D eigenvalue weighted by molar-refractivity contribution is 5.66. The van der Waals surface area contributed by atoms with Gasteiger partial charge in [0.25, 0.3) is 5.56 Å². The average molecular weight is 180 g/mol. The Kier molecular flexibility index (Phi) is 1.76. The van der Waals surface area contributed by atoms with E-state index in [2.05, 4.69) is 25.7 Å². The predicted molar refractivity (Wildman–Crippen MR) is 44.0 cm³/mol. The van der Waals surface area contributed by atoms with Gasteiger partial charge in [-0.25, -0.2) is 9.78 Å². The topological polar surface area (TPSA) is 89.4 Å². The second kappa shape index (κ2) is 2.92. The molecule has 0 saturated carbocycles. The minimum atomic E-state index is -0.354. The Hall–Kier alpha value is -1.79. The zero-order valence-corrected chi connectivity index (χ0v) is 7.06. The van der Waals surface area contributed by atoms with E-state index in [-0.39, 0.29) is 11.1 Å². The minimum Gasteiger partial charge on any atom is -0.265 e. The summed E-state index contributed by atoms with van der Waals surface area (Å²) in [5, 5.41) is 16.9. The van der Waals surface area contributed by atoms with Crippen LogP contribution >= 0.6 is 0 Å². The van der Waals surface area contributed by atoms with Crippen LogP contribution in [0.4, 0.5) is 0 Å². The van der Waals surface area contributed by atoms with Gasteiger partial charge in [0.2, 0.25) is 11.2 Å². The number of aryl methyl sites for hydroxylation is 1. The predicted octanol–water partition coefficient (Wildman–Crippen LogP) is -0.680. The molecule has 7 nitrogen and oxygen atoms in total. The number of nitrogens with one attached hydrogen (secondary N) is 1. The van der Waals surface area contributed by atoms with Crippen LogP contribution in [0.2, 0.25) is 0 Å². The molecule has 0 spiro atoms. The van der Waals surface area contributed by atoms with Gasteiger partial charge < -0.3 is 0 Å². The number of rotatable bonds is 2. The van der Waals surface area contributed by atoms with Crippen molar-refractivity contribution in [3.05, 3.63) is 10.4 Å². The fourth-order valence-corrected chi connectivity index (χ4v) is 1.09. The molecule has 0 atom stereocenters. The maximum absolute atomic E-state index is 11.1. The number of aromatic amines is 1. The van der Waals surface area contributed by atoms with Gasteiger partial charge in [-0.15, -0.1) is 10.2 Å². The van der Waals surface area contributed by atoms with Crippen molar-refractivity contribution < 1.29 is 0 Å². The first-order chi connectivity index (χ1) is 6.33. The number of H-pyrrole nitrogens is 1. The van der Waals surface area contributed by atoms with Gasteiger partial charge in [-0.3, -0.25) is 4.79 Å². The summed E-state index contributed by atoms with van der Waals surface area (Å²) in [5.41, 5.74) is 0.321. The molecule has 7 heteroatoms. The SMILES string of the molecule is CCCn1nnc2c(=O)[nH]nnc21. The zero-order chi connectivity index (χ0) is 9.26. The van der Waals surface area contributed by atoms with Crippen molar-refractivity contribution in [2.75, 3.05) is 0 Å². The maximum atomic E-state index is 11.1. The second-order valence-corrected chi connectivity index (χ2v) is 2.63. The molecule has 68 valence electrons. The van der Waals surface area contributed by atoms with E-state index in [1.54, 1.807) is 4.68 Å². The number of hydrogen-bond donors (Lipinski definition) is 1. The summed E-state index contributed by atoms with van der Waals surface area (Å²) in [6.07, 6.45) is 0.910. The molecule has 1 N–H and O–H groups in total. The normalized spacial score (nSPS) is 10.8. The van der Waals surface area contributed by atoms with Crippen LogP contribution in [0.3, 0.4) is 0 Å². The van der Waals surface area contributed by atoms with Crippen molar-refractivity contribution in [1.82, 2.24) is 30.4 Å². The van der Waals surface area contributed by atoms with E-state index in [0.717, 1.165) is 6.42 Å². The smallest absolute Gasteiger partial charge is 0.265 e. The number of fused-ring (bicyclic) bond motifs is 1. The van der Waals surface area contributed by atoms with Crippen molar-refractivity contribution in [3.8, 4) is 0 Å². The first-order valence-electron chi connectivity index (χ1n) is 3.97. The summed E-state index contributed by atoms with van der Waals surface area (Å²) in [7, 11) is 0. The van der Waals surface area contributed by atoms with Gasteiger partial charge in [-0.1, -0.05) is 17.4 Å². The minimum absolute atomic E-state index is 0.239. The van der Waals surface area contributed by atoms with Crippen LogP contribution in [0.1, 0.15) is 13.3 Å². The van der Waals surface area contributed by atoms with Gasteiger partial charge in [0.05, 0.1) is 0 Å². The molecule has 0 bridgehead atoms. The van der Waals surface area contributed by atoms with Gasteiger partial charge in [0.15, 0.2) is 0 Å². The molecule has 0 aliphatic carbocycles. The molecule has 0 aliphatic rings. The highest BCUT2D eigenvalue weighted by atomic mass is 16.1. The van der Waals surface area contributed by atoms with Crippen molar-refractivity contribution in [1.29, 1.82) is 0 Å². The Morgan fingerprint density at radius 2 is 2.31 bits per heavy atom. The molecule has 2 heterocycles. The summed E-state index contributed by atoms with van der Waals surface area (Å²) < 4.78 is 1.57. The molecular formula is C6H8N6O. The van der Waals surface area contributed by atoms with E-state index < -0.39 is 0 Å². The first kappa shape index (κ1) is 7.84. The second-order valence-electron chi connectivity index (χ2n) is 2.63. The molecule has 0 aromatic carbocycles. The Labute approximate surface area is 72.8 Å². The average Bonchev–Trinajstić information content (AvgIpc) is 2.51. The van der Waals surface area contributed by atoms with Crippen molar-refractivity contribution in [3.63, 3.8) is 0 Å². The third-order valence-electron chi connectivity index (χ3n) is 1.66. The molecule has 0 aliphatic heterocycles. The fraction of sp³-hybridized carbons (Fsp3) is 0.500. The monoisotopic (exact) mass is 180 g/mol. The summed E-state index contributed by atoms with van der Waals surface area (Å²) in [6.45, 7) is 2.70. The van der Waals surface area contributed by atoms with Gasteiger partial charge in [0, 0.05) is 6.54 Å². The summed E-state index contributed by atoms with van der Waals surface area (Å²) in [6, 6.07) is 0. The van der Waals surface area contributed by atoms with Gasteiger partial charge in [0.1, 0.15) is 0 Å². The van der Waals surface area contributed by atoms with Crippen LogP contribution in [0.25, 0.3) is 11.2 Å². The van der Waals surface area contributed by atoms with E-state index >= 15 is 0 Å². The first-order valence-corrected chi connectivity index (χ1v) is 3.97. The van der Waals surface area contributed by atoms with Crippen LogP contribution in [-0.4, -0.2) is 30.4 Å². The quantitative estimate of drug-likeness (QED) is 0.661. The van der Waals surface area contributed by atoms with Crippen LogP contribution in [-0.2, 0) is 6.54 Å². The van der Waals surface area contributed by atoms with Crippen molar-refractivity contribution in [2.45, 2.75) is 19.9 Å². The van der Waals surface area contributed by atoms with E-state index in [1.807, 2.05) is 6.92 Å². The van der Waals surface area contributed by atoms with E-state index in [4.69, 9.17) is 0 Å². The van der Waals surface area contributed by atoms with Gasteiger partial charge >= 0.3 is 0 Å². The summed E-state index contributed by atoms with van der Waals surface area (Å²) in [5.74, 6) is 0. The number of hydrogen-bond acceptors (Lipinski definition) is 5. The van der Waals surface area contributed by atoms with Gasteiger partial charge in [-0.05, 0) is 6.42 Å². The van der Waals surface area contributed by atoms with Crippen LogP contribution < -0.4 is 5.56 Å². The molecule has 0 amide bonds. The third-order valence-corrected chi connectivity index (χ3v) is 1.66. The molecule has 2 aromatic heterocycles. The molecule has 13 heavy (non-hydrogen) atoms. The third kappa shape index (κ3) is 1.17. The van der Waals surface area contributed by atoms with E-state index in [0.29, 0.717) is 12.2 Å². The van der Waals surface area contributed by atoms with E-state index in [1.165, 1.54) is 0 Å². The Bertz CT molecular complexity index is 471. The lowest BCUT2D eigenvalue weighted by Crippen LogP contribution is -2.10. The highest BCUT2D eigenvalue weighted by Gasteiger charge is 2.08. The highest BCUT2D eigenvalue weighted by Crippen LogP contribution is 1.99. The summed E-state index contributed by atoms with van der Waals surface area (Å²) >= 11 is 0. The molecule has 0 unspecified atom stereocenters. The number of aromatic nitrogens is 6. The van der Waals surface area contributed by atoms with Crippen molar-refractivity contribution in [2.24, 2.45) is 0 Å². The standard InChI is InChI=1S/C6H8N6O/c1-2-3-12-5-4(7-11-12)6(13)9-10-8-5/h2-3H2,1H3,(H,8,9,13). The lowest BCUT2D eigenvalue weighted by molar-refractivity contribution is 0.588. The molecular weight excluding hydrogens is 172 g/mol. The Morgan fingerprint density at radius 3 is 3.08 bits per heavy atom. The molecule has 2 aromatic rings. The molecule has 2 rings (SSSR count). The van der Waals surface area contributed by atoms with E-state index in [9.17, 15) is 4.79 Å². The molecule has 0 saturated heterocycles. The lowest BCUT2D eigenvalue weighted by Gasteiger charge is -1.94. The Balaban J connectivity index is 2.68. The zero-order valence-electron chi connectivity index (χ0n) is 7.06. The number of nitrogens with zero attached hydrogens (tertiary/aromatic N) is 5. The maximum Gasteiger partial charge on any atom is 0.297 e. The molecule has 0 radical (unpaired) electrons. The van der Waals surface area contributed by atoms with Crippen molar-refractivity contribution >= 4 is 11.2 Å².